The number of halogens is 1. The van der Waals surface area contributed by atoms with Crippen LogP contribution in [0.4, 0.5) is 5.69 Å². The van der Waals surface area contributed by atoms with E-state index >= 15 is 0 Å². The number of hydrogen-bond donors (Lipinski definition) is 1. The molecule has 8 heteroatoms. The fraction of sp³-hybridized carbons (Fsp3) is 0.480. The number of aromatic nitrogens is 1. The summed E-state index contributed by atoms with van der Waals surface area (Å²) >= 11 is 6.03. The fourth-order valence-electron chi connectivity index (χ4n) is 5.53. The molecule has 2 bridgehead atoms. The molecule has 6 rings (SSSR count). The van der Waals surface area contributed by atoms with Crippen molar-refractivity contribution in [3.63, 3.8) is 0 Å². The average molecular weight is 470 g/mol. The molecule has 0 radical (unpaired) electrons. The Bertz CT molecular complexity index is 1060. The normalized spacial score (nSPS) is 25.6. The van der Waals surface area contributed by atoms with Crippen LogP contribution in [0, 0.1) is 12.3 Å². The van der Waals surface area contributed by atoms with E-state index in [-0.39, 0.29) is 29.3 Å². The van der Waals surface area contributed by atoms with Crippen LogP contribution in [-0.4, -0.2) is 55.1 Å². The molecular weight excluding hydrogens is 442 g/mol. The number of anilines is 1. The zero-order valence-corrected chi connectivity index (χ0v) is 19.5. The Balaban J connectivity index is 1.10. The lowest BCUT2D eigenvalue weighted by Gasteiger charge is -2.70. The molecule has 1 aliphatic heterocycles. The highest BCUT2D eigenvalue weighted by atomic mass is 35.5. The lowest BCUT2D eigenvalue weighted by atomic mass is 9.38. The first-order valence-electron chi connectivity index (χ1n) is 11.4. The minimum absolute atomic E-state index is 0.00666. The van der Waals surface area contributed by atoms with Crippen LogP contribution in [0.1, 0.15) is 41.7 Å². The minimum Gasteiger partial charge on any atom is -0.486 e. The molecule has 33 heavy (non-hydrogen) atoms. The lowest BCUT2D eigenvalue weighted by Crippen LogP contribution is -2.75. The maximum Gasteiger partial charge on any atom is 0.270 e. The average Bonchev–Trinajstić information content (AvgIpc) is 2.78. The number of ether oxygens (including phenoxy) is 2. The first-order chi connectivity index (χ1) is 15.9. The van der Waals surface area contributed by atoms with Crippen molar-refractivity contribution in [2.24, 2.45) is 5.41 Å². The van der Waals surface area contributed by atoms with E-state index in [9.17, 15) is 9.59 Å². The van der Waals surface area contributed by atoms with Crippen molar-refractivity contribution in [2.45, 2.75) is 38.1 Å². The number of benzene rings is 1. The summed E-state index contributed by atoms with van der Waals surface area (Å²) in [7, 11) is 0. The van der Waals surface area contributed by atoms with Gasteiger partial charge in [0.05, 0.1) is 13.2 Å². The number of nitrogens with zero attached hydrogens (tertiary/aromatic N) is 2. The number of Topliss-reactive ketones (excluding diaryl/α,β-unsaturated/α-hetero) is 1. The number of carbonyl (C=O) groups is 2. The van der Waals surface area contributed by atoms with Gasteiger partial charge in [-0.2, -0.15) is 0 Å². The molecule has 1 amide bonds. The zero-order valence-electron chi connectivity index (χ0n) is 18.7. The molecule has 2 aromatic rings. The first-order valence-corrected chi connectivity index (χ1v) is 11.8. The molecule has 0 unspecified atom stereocenters. The molecule has 0 atom stereocenters. The fourth-order valence-corrected chi connectivity index (χ4v) is 5.64. The summed E-state index contributed by atoms with van der Waals surface area (Å²) in [5.74, 6) is 0.590. The molecule has 2 heterocycles. The number of hydrogen-bond acceptors (Lipinski definition) is 6. The highest BCUT2D eigenvalue weighted by molar-refractivity contribution is 6.31. The van der Waals surface area contributed by atoms with Gasteiger partial charge in [0, 0.05) is 42.0 Å². The Morgan fingerprint density at radius 3 is 2.67 bits per heavy atom. The van der Waals surface area contributed by atoms with Gasteiger partial charge in [0.1, 0.15) is 18.1 Å². The molecule has 3 saturated carbocycles. The summed E-state index contributed by atoms with van der Waals surface area (Å²) < 4.78 is 11.0. The number of nitrogens with one attached hydrogen (secondary N) is 1. The number of carbonyl (C=O) groups excluding carboxylic acids is 2. The maximum atomic E-state index is 12.8. The third-order valence-corrected chi connectivity index (χ3v) is 7.40. The highest BCUT2D eigenvalue weighted by Crippen LogP contribution is 2.69. The third-order valence-electron chi connectivity index (χ3n) is 6.97. The van der Waals surface area contributed by atoms with Crippen molar-refractivity contribution in [2.75, 3.05) is 37.8 Å². The molecule has 174 valence electrons. The van der Waals surface area contributed by atoms with Gasteiger partial charge in [-0.15, -0.1) is 0 Å². The van der Waals surface area contributed by atoms with Crippen LogP contribution in [0.15, 0.2) is 36.5 Å². The molecular formula is C25H28ClN3O4. The van der Waals surface area contributed by atoms with Gasteiger partial charge in [-0.3, -0.25) is 14.6 Å². The van der Waals surface area contributed by atoms with Crippen molar-refractivity contribution in [1.29, 1.82) is 0 Å². The van der Waals surface area contributed by atoms with Crippen LogP contribution in [0.5, 0.6) is 5.75 Å². The Hall–Kier alpha value is -2.64. The van der Waals surface area contributed by atoms with E-state index in [4.69, 9.17) is 21.1 Å². The van der Waals surface area contributed by atoms with Gasteiger partial charge in [0.2, 0.25) is 0 Å². The van der Waals surface area contributed by atoms with E-state index in [0.717, 1.165) is 43.6 Å². The zero-order chi connectivity index (χ0) is 23.1. The van der Waals surface area contributed by atoms with Crippen molar-refractivity contribution in [1.82, 2.24) is 10.3 Å². The van der Waals surface area contributed by atoms with Crippen molar-refractivity contribution in [3.05, 3.63) is 52.8 Å². The van der Waals surface area contributed by atoms with E-state index < -0.39 is 0 Å². The van der Waals surface area contributed by atoms with Gasteiger partial charge >= 0.3 is 0 Å². The molecule has 4 aliphatic rings. The van der Waals surface area contributed by atoms with E-state index in [1.54, 1.807) is 18.3 Å². The number of aryl methyl sites for hydroxylation is 1. The van der Waals surface area contributed by atoms with Crippen LogP contribution in [-0.2, 0) is 9.53 Å². The monoisotopic (exact) mass is 469 g/mol. The molecule has 1 aromatic heterocycles. The summed E-state index contributed by atoms with van der Waals surface area (Å²) in [4.78, 5) is 31.8. The van der Waals surface area contributed by atoms with Crippen LogP contribution in [0.3, 0.4) is 0 Å². The number of morpholine rings is 1. The van der Waals surface area contributed by atoms with E-state index in [0.29, 0.717) is 36.1 Å². The molecule has 0 spiro atoms. The van der Waals surface area contributed by atoms with E-state index in [2.05, 4.69) is 15.2 Å². The Morgan fingerprint density at radius 2 is 1.94 bits per heavy atom. The predicted octanol–water partition coefficient (Wildman–Crippen LogP) is 3.57. The van der Waals surface area contributed by atoms with Crippen LogP contribution in [0.25, 0.3) is 0 Å². The second-order valence-electron chi connectivity index (χ2n) is 9.68. The number of amides is 1. The minimum atomic E-state index is -0.192. The molecule has 1 N–H and O–H groups in total. The molecule has 3 aliphatic carbocycles. The number of rotatable bonds is 8. The van der Waals surface area contributed by atoms with Gasteiger partial charge in [-0.25, -0.2) is 0 Å². The van der Waals surface area contributed by atoms with Crippen LogP contribution >= 0.6 is 11.6 Å². The molecule has 7 nitrogen and oxygen atoms in total. The lowest BCUT2D eigenvalue weighted by molar-refractivity contribution is -0.162. The second-order valence-corrected chi connectivity index (χ2v) is 10.1. The largest absolute Gasteiger partial charge is 0.486 e. The third kappa shape index (κ3) is 4.57. The summed E-state index contributed by atoms with van der Waals surface area (Å²) in [6.45, 7) is 4.97. The predicted molar refractivity (Wildman–Crippen MR) is 125 cm³/mol. The van der Waals surface area contributed by atoms with Crippen LogP contribution < -0.4 is 15.0 Å². The summed E-state index contributed by atoms with van der Waals surface area (Å²) in [5, 5.41) is 3.85. The smallest absolute Gasteiger partial charge is 0.270 e. The van der Waals surface area contributed by atoms with Crippen molar-refractivity contribution < 1.29 is 19.1 Å². The first kappa shape index (κ1) is 22.2. The van der Waals surface area contributed by atoms with E-state index in [1.807, 2.05) is 25.1 Å². The topological polar surface area (TPSA) is 80.8 Å². The van der Waals surface area contributed by atoms with Crippen molar-refractivity contribution >= 4 is 29.0 Å². The Morgan fingerprint density at radius 1 is 1.18 bits per heavy atom. The number of pyridine rings is 1. The van der Waals surface area contributed by atoms with Gasteiger partial charge in [-0.1, -0.05) is 11.6 Å². The van der Waals surface area contributed by atoms with Gasteiger partial charge in [0.15, 0.2) is 5.78 Å². The molecule has 4 fully saturated rings. The molecule has 1 aromatic carbocycles. The highest BCUT2D eigenvalue weighted by Gasteiger charge is 2.68. The quantitative estimate of drug-likeness (QED) is 0.636. The summed E-state index contributed by atoms with van der Waals surface area (Å²) in [6, 6.07) is 9.16. The van der Waals surface area contributed by atoms with Gasteiger partial charge in [0.25, 0.3) is 5.91 Å². The SMILES string of the molecule is Cc1cc(OCC(=O)CC23CC(NC(=O)c4cc(N5CCOCC5)ccn4)(C2)C3)ccc1Cl. The van der Waals surface area contributed by atoms with Gasteiger partial charge in [-0.05, 0) is 67.5 Å². The number of ketones is 1. The van der Waals surface area contributed by atoms with Gasteiger partial charge < -0.3 is 19.7 Å². The van der Waals surface area contributed by atoms with Crippen molar-refractivity contribution in [3.8, 4) is 5.75 Å². The Labute approximate surface area is 198 Å². The standard InChI is InChI=1S/C25H28ClN3O4/c1-17-10-20(2-3-21(17)26)33-13-19(30)12-24-14-25(15-24,16-24)28-23(31)22-11-18(4-5-27-22)29-6-8-32-9-7-29/h2-5,10-11H,6-9,12-16H2,1H3,(H,28,31). The van der Waals surface area contributed by atoms with Crippen LogP contribution in [0.2, 0.25) is 5.02 Å². The second kappa shape index (κ2) is 8.61. The summed E-state index contributed by atoms with van der Waals surface area (Å²) in [6.07, 6.45) is 4.67. The summed E-state index contributed by atoms with van der Waals surface area (Å²) in [5.41, 5.74) is 2.16. The maximum absolute atomic E-state index is 12.8. The Kier molecular flexibility index (Phi) is 5.79. The van der Waals surface area contributed by atoms with E-state index in [1.165, 1.54) is 0 Å². The molecule has 1 saturated heterocycles.